The van der Waals surface area contributed by atoms with Gasteiger partial charge < -0.3 is 19.9 Å². The Balaban J connectivity index is 1.73. The normalized spacial score (nSPS) is 15.7. The maximum Gasteiger partial charge on any atom is 0.355 e. The highest BCUT2D eigenvalue weighted by Gasteiger charge is 2.19. The fourth-order valence-corrected chi connectivity index (χ4v) is 3.58. The monoisotopic (exact) mass is 378 g/mol. The molecule has 1 aliphatic heterocycles. The van der Waals surface area contributed by atoms with Gasteiger partial charge in [0.25, 0.3) is 0 Å². The summed E-state index contributed by atoms with van der Waals surface area (Å²) >= 11 is 0. The van der Waals surface area contributed by atoms with Crippen molar-refractivity contribution < 1.29 is 14.3 Å². The standard InChI is InChI=1S/C20H34N4O3/c1-5-23-11-13-24(14-12-23)10-9-21-18(25)8-7-17-15(3)19(22-16(17)4)20(26)27-6-2/h22H,5-14H2,1-4H3,(H,21,25). The van der Waals surface area contributed by atoms with Gasteiger partial charge in [0, 0.05) is 51.4 Å². The van der Waals surface area contributed by atoms with Crippen molar-refractivity contribution in [3.05, 3.63) is 22.5 Å². The molecule has 2 N–H and O–H groups in total. The topological polar surface area (TPSA) is 77.7 Å². The first-order valence-electron chi connectivity index (χ1n) is 10.0. The molecule has 152 valence electrons. The Labute approximate surface area is 162 Å². The predicted molar refractivity (Wildman–Crippen MR) is 106 cm³/mol. The fourth-order valence-electron chi connectivity index (χ4n) is 3.58. The van der Waals surface area contributed by atoms with Crippen molar-refractivity contribution in [3.8, 4) is 0 Å². The number of aromatic amines is 1. The second kappa shape index (κ2) is 10.5. The molecule has 0 bridgehead atoms. The van der Waals surface area contributed by atoms with Crippen LogP contribution in [0, 0.1) is 13.8 Å². The minimum Gasteiger partial charge on any atom is -0.461 e. The van der Waals surface area contributed by atoms with Gasteiger partial charge in [0.05, 0.1) is 6.61 Å². The van der Waals surface area contributed by atoms with Crippen molar-refractivity contribution in [2.75, 3.05) is 52.4 Å². The van der Waals surface area contributed by atoms with E-state index in [0.717, 1.165) is 56.1 Å². The van der Waals surface area contributed by atoms with Crippen molar-refractivity contribution in [1.82, 2.24) is 20.1 Å². The van der Waals surface area contributed by atoms with Crippen LogP contribution in [0.2, 0.25) is 0 Å². The Hall–Kier alpha value is -1.86. The van der Waals surface area contributed by atoms with Gasteiger partial charge in [-0.3, -0.25) is 9.69 Å². The molecule has 7 heteroatoms. The summed E-state index contributed by atoms with van der Waals surface area (Å²) in [6.45, 7) is 15.2. The summed E-state index contributed by atoms with van der Waals surface area (Å²) in [5.74, 6) is -0.281. The molecule has 1 aromatic rings. The summed E-state index contributed by atoms with van der Waals surface area (Å²) < 4.78 is 5.07. The average Bonchev–Trinajstić information content (AvgIpc) is 2.95. The van der Waals surface area contributed by atoms with E-state index < -0.39 is 0 Å². The molecule has 1 aromatic heterocycles. The number of carbonyl (C=O) groups excluding carboxylic acids is 2. The number of carbonyl (C=O) groups is 2. The second-order valence-corrected chi connectivity index (χ2v) is 7.07. The van der Waals surface area contributed by atoms with Crippen LogP contribution >= 0.6 is 0 Å². The van der Waals surface area contributed by atoms with E-state index in [-0.39, 0.29) is 11.9 Å². The minimum atomic E-state index is -0.336. The van der Waals surface area contributed by atoms with Crippen LogP contribution in [0.1, 0.15) is 47.6 Å². The number of H-pyrrole nitrogens is 1. The summed E-state index contributed by atoms with van der Waals surface area (Å²) in [7, 11) is 0. The van der Waals surface area contributed by atoms with Crippen molar-refractivity contribution in [1.29, 1.82) is 0 Å². The highest BCUT2D eigenvalue weighted by molar-refractivity contribution is 5.90. The van der Waals surface area contributed by atoms with E-state index in [0.29, 0.717) is 31.7 Å². The number of aromatic nitrogens is 1. The molecule has 1 fully saturated rings. The number of hydrogen-bond acceptors (Lipinski definition) is 5. The van der Waals surface area contributed by atoms with Gasteiger partial charge in [0.2, 0.25) is 5.91 Å². The largest absolute Gasteiger partial charge is 0.461 e. The molecule has 1 amide bonds. The van der Waals surface area contributed by atoms with Gasteiger partial charge in [-0.1, -0.05) is 6.92 Å². The fraction of sp³-hybridized carbons (Fsp3) is 0.700. The summed E-state index contributed by atoms with van der Waals surface area (Å²) in [5.41, 5.74) is 3.34. The molecule has 7 nitrogen and oxygen atoms in total. The smallest absolute Gasteiger partial charge is 0.355 e. The summed E-state index contributed by atoms with van der Waals surface area (Å²) in [6.07, 6.45) is 1.04. The van der Waals surface area contributed by atoms with Crippen LogP contribution in [0.3, 0.4) is 0 Å². The first-order chi connectivity index (χ1) is 13.0. The number of nitrogens with one attached hydrogen (secondary N) is 2. The van der Waals surface area contributed by atoms with Gasteiger partial charge in [0.15, 0.2) is 0 Å². The van der Waals surface area contributed by atoms with E-state index in [2.05, 4.69) is 27.0 Å². The number of esters is 1. The molecule has 0 atom stereocenters. The molecule has 0 spiro atoms. The Morgan fingerprint density at radius 2 is 1.78 bits per heavy atom. The first-order valence-corrected chi connectivity index (χ1v) is 10.0. The molecule has 0 unspecified atom stereocenters. The molecule has 0 aliphatic carbocycles. The third-order valence-corrected chi connectivity index (χ3v) is 5.34. The van der Waals surface area contributed by atoms with Crippen LogP contribution in [0.25, 0.3) is 0 Å². The Kier molecular flexibility index (Phi) is 8.31. The van der Waals surface area contributed by atoms with Crippen LogP contribution in [-0.4, -0.2) is 79.1 Å². The Morgan fingerprint density at radius 3 is 2.41 bits per heavy atom. The van der Waals surface area contributed by atoms with E-state index in [1.807, 2.05) is 13.8 Å². The van der Waals surface area contributed by atoms with Crippen molar-refractivity contribution in [2.24, 2.45) is 0 Å². The van der Waals surface area contributed by atoms with Gasteiger partial charge >= 0.3 is 5.97 Å². The number of hydrogen-bond donors (Lipinski definition) is 2. The molecule has 0 saturated carbocycles. The van der Waals surface area contributed by atoms with E-state index >= 15 is 0 Å². The molecule has 1 aliphatic rings. The van der Waals surface area contributed by atoms with Gasteiger partial charge in [0.1, 0.15) is 5.69 Å². The number of ether oxygens (including phenoxy) is 1. The SMILES string of the molecule is CCOC(=O)c1[nH]c(C)c(CCC(=O)NCCN2CCN(CC)CC2)c1C. The molecular weight excluding hydrogens is 344 g/mol. The molecule has 2 rings (SSSR count). The van der Waals surface area contributed by atoms with Crippen molar-refractivity contribution in [2.45, 2.75) is 40.5 Å². The molecule has 1 saturated heterocycles. The highest BCUT2D eigenvalue weighted by atomic mass is 16.5. The number of rotatable bonds is 9. The number of nitrogens with zero attached hydrogens (tertiary/aromatic N) is 2. The zero-order chi connectivity index (χ0) is 19.8. The van der Waals surface area contributed by atoms with Crippen molar-refractivity contribution in [3.63, 3.8) is 0 Å². The van der Waals surface area contributed by atoms with Crippen LogP contribution < -0.4 is 5.32 Å². The number of aryl methyl sites for hydroxylation is 1. The number of amides is 1. The van der Waals surface area contributed by atoms with E-state index in [9.17, 15) is 9.59 Å². The minimum absolute atomic E-state index is 0.0554. The summed E-state index contributed by atoms with van der Waals surface area (Å²) in [4.78, 5) is 32.1. The Bertz CT molecular complexity index is 633. The number of likely N-dealkylation sites (N-methyl/N-ethyl adjacent to an activating group) is 1. The molecule has 2 heterocycles. The van der Waals surface area contributed by atoms with Crippen LogP contribution in [0.4, 0.5) is 0 Å². The third kappa shape index (κ3) is 6.07. The van der Waals surface area contributed by atoms with Gasteiger partial charge in [-0.15, -0.1) is 0 Å². The quantitative estimate of drug-likeness (QED) is 0.637. The van der Waals surface area contributed by atoms with E-state index in [1.54, 1.807) is 6.92 Å². The third-order valence-electron chi connectivity index (χ3n) is 5.34. The van der Waals surface area contributed by atoms with Crippen LogP contribution in [0.15, 0.2) is 0 Å². The van der Waals surface area contributed by atoms with Gasteiger partial charge in [-0.05, 0) is 44.9 Å². The first kappa shape index (κ1) is 21.4. The molecule has 0 aromatic carbocycles. The zero-order valence-electron chi connectivity index (χ0n) is 17.2. The zero-order valence-corrected chi connectivity index (χ0v) is 17.2. The van der Waals surface area contributed by atoms with Crippen LogP contribution in [0.5, 0.6) is 0 Å². The summed E-state index contributed by atoms with van der Waals surface area (Å²) in [5, 5.41) is 3.02. The van der Waals surface area contributed by atoms with Gasteiger partial charge in [-0.25, -0.2) is 4.79 Å². The molecule has 0 radical (unpaired) electrons. The second-order valence-electron chi connectivity index (χ2n) is 7.07. The molecule has 27 heavy (non-hydrogen) atoms. The predicted octanol–water partition coefficient (Wildman–Crippen LogP) is 1.49. The van der Waals surface area contributed by atoms with Crippen LogP contribution in [-0.2, 0) is 16.0 Å². The lowest BCUT2D eigenvalue weighted by Gasteiger charge is -2.33. The average molecular weight is 379 g/mol. The Morgan fingerprint density at radius 1 is 1.11 bits per heavy atom. The maximum absolute atomic E-state index is 12.2. The van der Waals surface area contributed by atoms with E-state index in [4.69, 9.17) is 4.74 Å². The number of piperazine rings is 1. The summed E-state index contributed by atoms with van der Waals surface area (Å²) in [6, 6.07) is 0. The van der Waals surface area contributed by atoms with Gasteiger partial charge in [-0.2, -0.15) is 0 Å². The lowest BCUT2D eigenvalue weighted by atomic mass is 10.0. The lowest BCUT2D eigenvalue weighted by Crippen LogP contribution is -2.48. The lowest BCUT2D eigenvalue weighted by molar-refractivity contribution is -0.121. The van der Waals surface area contributed by atoms with Crippen molar-refractivity contribution >= 4 is 11.9 Å². The maximum atomic E-state index is 12.2. The highest BCUT2D eigenvalue weighted by Crippen LogP contribution is 2.20. The van der Waals surface area contributed by atoms with E-state index in [1.165, 1.54) is 0 Å². The molecular formula is C20H34N4O3.